The number of nitrogens with zero attached hydrogens (tertiary/aromatic N) is 3. The van der Waals surface area contributed by atoms with Crippen molar-refractivity contribution in [3.8, 4) is 0 Å². The van der Waals surface area contributed by atoms with Crippen molar-refractivity contribution in [3.05, 3.63) is 52.8 Å². The molecule has 0 unspecified atom stereocenters. The van der Waals surface area contributed by atoms with E-state index >= 15 is 0 Å². The molecule has 2 aromatic rings. The van der Waals surface area contributed by atoms with E-state index in [4.69, 9.17) is 5.11 Å². The van der Waals surface area contributed by atoms with Crippen molar-refractivity contribution in [3.63, 3.8) is 0 Å². The minimum Gasteiger partial charge on any atom is -0.478 e. The van der Waals surface area contributed by atoms with Crippen LogP contribution in [0.5, 0.6) is 0 Å². The summed E-state index contributed by atoms with van der Waals surface area (Å²) in [6.45, 7) is 3.77. The van der Waals surface area contributed by atoms with E-state index in [1.54, 1.807) is 18.3 Å². The number of aromatic carboxylic acids is 1. The van der Waals surface area contributed by atoms with Crippen LogP contribution in [0.4, 0.5) is 5.95 Å². The molecule has 0 saturated heterocycles. The fourth-order valence-corrected chi connectivity index (χ4v) is 1.65. The minimum absolute atomic E-state index is 0.243. The molecule has 20 heavy (non-hydrogen) atoms. The van der Waals surface area contributed by atoms with Crippen molar-refractivity contribution in [2.45, 2.75) is 13.8 Å². The summed E-state index contributed by atoms with van der Waals surface area (Å²) < 4.78 is 0. The molecule has 0 aliphatic carbocycles. The van der Waals surface area contributed by atoms with Crippen molar-refractivity contribution in [1.82, 2.24) is 9.97 Å². The Morgan fingerprint density at radius 2 is 1.80 bits per heavy atom. The van der Waals surface area contributed by atoms with Crippen LogP contribution in [0.3, 0.4) is 0 Å². The fraction of sp³-hybridized carbons (Fsp3) is 0.143. The Labute approximate surface area is 116 Å². The lowest BCUT2D eigenvalue weighted by Gasteiger charge is -2.01. The maximum absolute atomic E-state index is 10.7. The number of hydrazone groups is 1. The summed E-state index contributed by atoms with van der Waals surface area (Å²) in [6.07, 6.45) is 1.58. The number of hydrogen-bond acceptors (Lipinski definition) is 5. The zero-order valence-corrected chi connectivity index (χ0v) is 11.2. The first-order chi connectivity index (χ1) is 9.54. The maximum atomic E-state index is 10.7. The molecule has 0 fully saturated rings. The van der Waals surface area contributed by atoms with E-state index in [2.05, 4.69) is 20.5 Å². The Morgan fingerprint density at radius 3 is 2.35 bits per heavy atom. The quantitative estimate of drug-likeness (QED) is 0.657. The molecule has 6 heteroatoms. The molecular formula is C14H14N4O2. The van der Waals surface area contributed by atoms with Crippen molar-refractivity contribution in [2.75, 3.05) is 5.43 Å². The minimum atomic E-state index is -0.949. The van der Waals surface area contributed by atoms with Crippen LogP contribution < -0.4 is 5.43 Å². The second kappa shape index (κ2) is 5.92. The topological polar surface area (TPSA) is 87.5 Å². The second-order valence-electron chi connectivity index (χ2n) is 4.27. The summed E-state index contributed by atoms with van der Waals surface area (Å²) >= 11 is 0. The van der Waals surface area contributed by atoms with Crippen LogP contribution in [-0.2, 0) is 0 Å². The molecule has 0 amide bonds. The number of nitrogens with one attached hydrogen (secondary N) is 1. The molecule has 102 valence electrons. The van der Waals surface area contributed by atoms with Gasteiger partial charge in [0.15, 0.2) is 0 Å². The first kappa shape index (κ1) is 13.7. The van der Waals surface area contributed by atoms with Gasteiger partial charge in [-0.25, -0.2) is 20.2 Å². The Kier molecular flexibility index (Phi) is 4.05. The van der Waals surface area contributed by atoms with Crippen molar-refractivity contribution in [1.29, 1.82) is 0 Å². The first-order valence-corrected chi connectivity index (χ1v) is 5.99. The molecule has 2 rings (SSSR count). The summed E-state index contributed by atoms with van der Waals surface area (Å²) in [4.78, 5) is 19.1. The van der Waals surface area contributed by atoms with Crippen LogP contribution in [0.1, 0.15) is 27.3 Å². The van der Waals surface area contributed by atoms with Gasteiger partial charge in [0.1, 0.15) is 0 Å². The van der Waals surface area contributed by atoms with Crippen molar-refractivity contribution in [2.24, 2.45) is 5.10 Å². The lowest BCUT2D eigenvalue weighted by molar-refractivity contribution is 0.0697. The van der Waals surface area contributed by atoms with E-state index in [0.29, 0.717) is 5.95 Å². The predicted molar refractivity (Wildman–Crippen MR) is 76.1 cm³/mol. The van der Waals surface area contributed by atoms with E-state index in [1.165, 1.54) is 12.1 Å². The van der Waals surface area contributed by atoms with Gasteiger partial charge in [-0.15, -0.1) is 0 Å². The predicted octanol–water partition coefficient (Wildman–Crippen LogP) is 2.24. The molecule has 0 radical (unpaired) electrons. The summed E-state index contributed by atoms with van der Waals surface area (Å²) in [5.74, 6) is -0.517. The third-order valence-corrected chi connectivity index (χ3v) is 2.52. The molecule has 0 bridgehead atoms. The van der Waals surface area contributed by atoms with Crippen LogP contribution in [0.25, 0.3) is 0 Å². The number of anilines is 1. The molecule has 1 aromatic heterocycles. The number of carbonyl (C=O) groups is 1. The van der Waals surface area contributed by atoms with Crippen molar-refractivity contribution >= 4 is 18.1 Å². The van der Waals surface area contributed by atoms with Crippen LogP contribution >= 0.6 is 0 Å². The Morgan fingerprint density at radius 1 is 1.20 bits per heavy atom. The zero-order chi connectivity index (χ0) is 14.5. The molecule has 6 nitrogen and oxygen atoms in total. The van der Waals surface area contributed by atoms with Gasteiger partial charge in [-0.3, -0.25) is 0 Å². The maximum Gasteiger partial charge on any atom is 0.335 e. The first-order valence-electron chi connectivity index (χ1n) is 5.99. The highest BCUT2D eigenvalue weighted by molar-refractivity contribution is 5.89. The number of benzene rings is 1. The SMILES string of the molecule is Cc1cc(C)nc(NN=Cc2ccc(C(=O)O)cc2)n1. The highest BCUT2D eigenvalue weighted by Crippen LogP contribution is 2.05. The van der Waals surface area contributed by atoms with E-state index in [1.807, 2.05) is 19.9 Å². The summed E-state index contributed by atoms with van der Waals surface area (Å²) in [5, 5.41) is 12.8. The average Bonchev–Trinajstić information content (AvgIpc) is 2.38. The number of carboxylic acid groups (broad SMARTS) is 1. The van der Waals surface area contributed by atoms with E-state index < -0.39 is 5.97 Å². The van der Waals surface area contributed by atoms with Gasteiger partial charge in [0.2, 0.25) is 5.95 Å². The zero-order valence-electron chi connectivity index (χ0n) is 11.2. The number of aryl methyl sites for hydroxylation is 2. The van der Waals surface area contributed by atoms with Crippen LogP contribution in [-0.4, -0.2) is 27.3 Å². The van der Waals surface area contributed by atoms with Gasteiger partial charge in [-0.2, -0.15) is 5.10 Å². The highest BCUT2D eigenvalue weighted by atomic mass is 16.4. The van der Waals surface area contributed by atoms with Gasteiger partial charge in [-0.1, -0.05) is 12.1 Å². The smallest absolute Gasteiger partial charge is 0.335 e. The molecule has 0 aliphatic rings. The van der Waals surface area contributed by atoms with E-state index in [0.717, 1.165) is 17.0 Å². The number of hydrogen-bond donors (Lipinski definition) is 2. The normalized spacial score (nSPS) is 10.7. The molecule has 1 heterocycles. The Hall–Kier alpha value is -2.76. The third kappa shape index (κ3) is 3.61. The molecule has 1 aromatic carbocycles. The summed E-state index contributed by atoms with van der Waals surface area (Å²) in [5.41, 5.74) is 5.49. The van der Waals surface area contributed by atoms with Gasteiger partial charge in [0.25, 0.3) is 0 Å². The largest absolute Gasteiger partial charge is 0.478 e. The Bertz CT molecular complexity index is 630. The van der Waals surface area contributed by atoms with Crippen molar-refractivity contribution < 1.29 is 9.90 Å². The number of aromatic nitrogens is 2. The fourth-order valence-electron chi connectivity index (χ4n) is 1.65. The lowest BCUT2D eigenvalue weighted by atomic mass is 10.1. The van der Waals surface area contributed by atoms with E-state index in [9.17, 15) is 4.79 Å². The molecule has 2 N–H and O–H groups in total. The number of carboxylic acids is 1. The van der Waals surface area contributed by atoms with Gasteiger partial charge < -0.3 is 5.11 Å². The molecule has 0 atom stereocenters. The highest BCUT2D eigenvalue weighted by Gasteiger charge is 2.00. The third-order valence-electron chi connectivity index (χ3n) is 2.52. The second-order valence-corrected chi connectivity index (χ2v) is 4.27. The average molecular weight is 270 g/mol. The summed E-state index contributed by atoms with van der Waals surface area (Å²) in [6, 6.07) is 8.28. The van der Waals surface area contributed by atoms with Gasteiger partial charge in [0, 0.05) is 11.4 Å². The van der Waals surface area contributed by atoms with Crippen LogP contribution in [0.2, 0.25) is 0 Å². The van der Waals surface area contributed by atoms with Gasteiger partial charge in [-0.05, 0) is 37.6 Å². The van der Waals surface area contributed by atoms with Gasteiger partial charge in [0.05, 0.1) is 11.8 Å². The lowest BCUT2D eigenvalue weighted by Crippen LogP contribution is -2.00. The van der Waals surface area contributed by atoms with Crippen LogP contribution in [0, 0.1) is 13.8 Å². The Balaban J connectivity index is 2.04. The monoisotopic (exact) mass is 270 g/mol. The van der Waals surface area contributed by atoms with Crippen LogP contribution in [0.15, 0.2) is 35.4 Å². The molecule has 0 spiro atoms. The molecule has 0 saturated carbocycles. The van der Waals surface area contributed by atoms with Gasteiger partial charge >= 0.3 is 5.97 Å². The van der Waals surface area contributed by atoms with E-state index in [-0.39, 0.29) is 5.56 Å². The summed E-state index contributed by atoms with van der Waals surface area (Å²) in [7, 11) is 0. The molecule has 0 aliphatic heterocycles. The molecular weight excluding hydrogens is 256 g/mol. The standard InChI is InChI=1S/C14H14N4O2/c1-9-7-10(2)17-14(16-9)18-15-8-11-3-5-12(6-4-11)13(19)20/h3-8H,1-2H3,(H,19,20)(H,16,17,18). The number of rotatable bonds is 4.